The number of benzene rings is 2. The van der Waals surface area contributed by atoms with Crippen LogP contribution < -0.4 is 25.6 Å². The second-order valence-corrected chi connectivity index (χ2v) is 8.66. The van der Waals surface area contributed by atoms with Gasteiger partial charge in [-0.25, -0.2) is 9.78 Å². The van der Waals surface area contributed by atoms with Gasteiger partial charge >= 0.3 is 5.63 Å². The fraction of sp³-hybridized carbons (Fsp3) is 0.148. The lowest BCUT2D eigenvalue weighted by molar-refractivity contribution is 0.386. The van der Waals surface area contributed by atoms with E-state index in [4.69, 9.17) is 47.6 Å². The SMILES string of the molecule is C.COc1ccc2oc(=O)c3c(c2c1)OC(N)=C(C#N)C3c1ccc(OC)c(-c2cnc(Cl)cc2Cl)c1. The number of ether oxygens (including phenoxy) is 3. The first-order valence-corrected chi connectivity index (χ1v) is 11.3. The van der Waals surface area contributed by atoms with E-state index < -0.39 is 11.5 Å². The van der Waals surface area contributed by atoms with Crippen LogP contribution in [0.25, 0.3) is 22.1 Å². The highest BCUT2D eigenvalue weighted by Crippen LogP contribution is 2.46. The fourth-order valence-corrected chi connectivity index (χ4v) is 4.75. The van der Waals surface area contributed by atoms with Gasteiger partial charge in [0.05, 0.1) is 36.1 Å². The van der Waals surface area contributed by atoms with E-state index in [1.165, 1.54) is 26.5 Å². The number of nitrogens with zero attached hydrogens (tertiary/aromatic N) is 2. The Bertz CT molecular complexity index is 1670. The molecule has 2 aromatic heterocycles. The lowest BCUT2D eigenvalue weighted by Crippen LogP contribution is -2.26. The average Bonchev–Trinajstić information content (AvgIpc) is 2.87. The molecule has 0 bridgehead atoms. The van der Waals surface area contributed by atoms with Crippen molar-refractivity contribution in [3.05, 3.63) is 91.8 Å². The van der Waals surface area contributed by atoms with Crippen molar-refractivity contribution in [2.45, 2.75) is 13.3 Å². The van der Waals surface area contributed by atoms with Crippen molar-refractivity contribution in [3.63, 3.8) is 0 Å². The van der Waals surface area contributed by atoms with Gasteiger partial charge in [0.1, 0.15) is 33.9 Å². The van der Waals surface area contributed by atoms with Crippen molar-refractivity contribution < 1.29 is 18.6 Å². The van der Waals surface area contributed by atoms with Crippen LogP contribution in [0, 0.1) is 11.3 Å². The van der Waals surface area contributed by atoms with Crippen LogP contribution >= 0.6 is 23.2 Å². The average molecular weight is 538 g/mol. The summed E-state index contributed by atoms with van der Waals surface area (Å²) < 4.78 is 22.3. The molecule has 1 atom stereocenters. The largest absolute Gasteiger partial charge is 0.497 e. The summed E-state index contributed by atoms with van der Waals surface area (Å²) in [5.74, 6) is 0.236. The normalized spacial score (nSPS) is 14.3. The monoisotopic (exact) mass is 537 g/mol. The molecule has 2 N–H and O–H groups in total. The van der Waals surface area contributed by atoms with Crippen molar-refractivity contribution in [1.29, 1.82) is 5.26 Å². The summed E-state index contributed by atoms with van der Waals surface area (Å²) in [5, 5.41) is 11.0. The number of aromatic nitrogens is 1. The van der Waals surface area contributed by atoms with E-state index >= 15 is 0 Å². The van der Waals surface area contributed by atoms with Crippen LogP contribution in [0.4, 0.5) is 0 Å². The molecule has 0 fully saturated rings. The molecule has 2 aromatic carbocycles. The predicted molar refractivity (Wildman–Crippen MR) is 141 cm³/mol. The Kier molecular flexibility index (Phi) is 7.03. The first-order valence-electron chi connectivity index (χ1n) is 10.6. The van der Waals surface area contributed by atoms with E-state index in [0.29, 0.717) is 44.2 Å². The molecule has 37 heavy (non-hydrogen) atoms. The topological polar surface area (TPSA) is 121 Å². The summed E-state index contributed by atoms with van der Waals surface area (Å²) in [6.45, 7) is 0. The minimum Gasteiger partial charge on any atom is -0.497 e. The molecule has 1 unspecified atom stereocenters. The van der Waals surface area contributed by atoms with E-state index in [0.717, 1.165) is 0 Å². The number of fused-ring (bicyclic) bond motifs is 3. The van der Waals surface area contributed by atoms with Crippen LogP contribution in [0.1, 0.15) is 24.5 Å². The number of nitrogens with two attached hydrogens (primary N) is 1. The number of hydrogen-bond acceptors (Lipinski definition) is 8. The van der Waals surface area contributed by atoms with Crippen LogP contribution in [0.2, 0.25) is 10.2 Å². The molecule has 1 aliphatic rings. The molecule has 188 valence electrons. The molecule has 0 spiro atoms. The molecule has 0 saturated heterocycles. The van der Waals surface area contributed by atoms with Crippen LogP contribution in [-0.2, 0) is 0 Å². The molecule has 0 amide bonds. The molecule has 10 heteroatoms. The first kappa shape index (κ1) is 25.9. The summed E-state index contributed by atoms with van der Waals surface area (Å²) in [6.07, 6.45) is 1.52. The van der Waals surface area contributed by atoms with Crippen molar-refractivity contribution in [1.82, 2.24) is 4.98 Å². The Morgan fingerprint density at radius 2 is 1.86 bits per heavy atom. The van der Waals surface area contributed by atoms with Crippen LogP contribution in [0.3, 0.4) is 0 Å². The van der Waals surface area contributed by atoms with E-state index in [1.807, 2.05) is 0 Å². The van der Waals surface area contributed by atoms with Gasteiger partial charge in [0, 0.05) is 17.3 Å². The zero-order valence-corrected chi connectivity index (χ0v) is 20.5. The van der Waals surface area contributed by atoms with Gasteiger partial charge < -0.3 is 24.4 Å². The Morgan fingerprint density at radius 3 is 2.54 bits per heavy atom. The summed E-state index contributed by atoms with van der Waals surface area (Å²) in [5.41, 5.74) is 7.73. The number of hydrogen-bond donors (Lipinski definition) is 1. The van der Waals surface area contributed by atoms with Gasteiger partial charge in [0.15, 0.2) is 5.75 Å². The number of halogens is 2. The maximum atomic E-state index is 13.2. The molecule has 0 aliphatic carbocycles. The second-order valence-electron chi connectivity index (χ2n) is 7.87. The van der Waals surface area contributed by atoms with E-state index in [2.05, 4.69) is 11.1 Å². The Labute approximate surface area is 222 Å². The lowest BCUT2D eigenvalue weighted by Gasteiger charge is -2.26. The Hall–Kier alpha value is -4.19. The molecule has 1 aliphatic heterocycles. The number of rotatable bonds is 4. The van der Waals surface area contributed by atoms with E-state index in [1.54, 1.807) is 36.4 Å². The maximum Gasteiger partial charge on any atom is 0.344 e. The van der Waals surface area contributed by atoms with E-state index in [9.17, 15) is 10.1 Å². The minimum atomic E-state index is -0.880. The smallest absolute Gasteiger partial charge is 0.344 e. The third-order valence-corrected chi connectivity index (χ3v) is 6.46. The van der Waals surface area contributed by atoms with Crippen LogP contribution in [0.15, 0.2) is 69.3 Å². The molecule has 3 heterocycles. The quantitative estimate of drug-likeness (QED) is 0.247. The fourth-order valence-electron chi connectivity index (χ4n) is 4.28. The Balaban J connectivity index is 0.00000320. The summed E-state index contributed by atoms with van der Waals surface area (Å²) in [7, 11) is 3.04. The predicted octanol–water partition coefficient (Wildman–Crippen LogP) is 6.03. The molecule has 8 nitrogen and oxygen atoms in total. The minimum absolute atomic E-state index is 0. The third-order valence-electron chi connectivity index (χ3n) is 5.94. The zero-order valence-electron chi connectivity index (χ0n) is 19.0. The number of pyridine rings is 1. The first-order chi connectivity index (χ1) is 17.4. The number of nitriles is 1. The molecule has 4 aromatic rings. The summed E-state index contributed by atoms with van der Waals surface area (Å²) in [6, 6.07) is 13.8. The number of methoxy groups -OCH3 is 2. The molecule has 0 saturated carbocycles. The highest BCUT2D eigenvalue weighted by molar-refractivity contribution is 6.35. The van der Waals surface area contributed by atoms with Gasteiger partial charge in [-0.3, -0.25) is 0 Å². The van der Waals surface area contributed by atoms with Crippen LogP contribution in [0.5, 0.6) is 17.2 Å². The molecular formula is C27H21Cl2N3O5. The molecular weight excluding hydrogens is 517 g/mol. The van der Waals surface area contributed by atoms with Crippen LogP contribution in [-0.4, -0.2) is 19.2 Å². The van der Waals surface area contributed by atoms with Gasteiger partial charge in [-0.2, -0.15) is 5.26 Å². The Morgan fingerprint density at radius 1 is 1.08 bits per heavy atom. The molecule has 5 rings (SSSR count). The van der Waals surface area contributed by atoms with Crippen molar-refractivity contribution in [3.8, 4) is 34.4 Å². The summed E-state index contributed by atoms with van der Waals surface area (Å²) >= 11 is 12.4. The highest BCUT2D eigenvalue weighted by Gasteiger charge is 2.36. The second kappa shape index (κ2) is 10.1. The lowest BCUT2D eigenvalue weighted by atomic mass is 9.82. The molecule has 0 radical (unpaired) electrons. The third kappa shape index (κ3) is 4.33. The van der Waals surface area contributed by atoms with Crippen molar-refractivity contribution in [2.24, 2.45) is 5.73 Å². The van der Waals surface area contributed by atoms with Gasteiger partial charge in [0.2, 0.25) is 5.88 Å². The van der Waals surface area contributed by atoms with Crippen molar-refractivity contribution in [2.75, 3.05) is 14.2 Å². The van der Waals surface area contributed by atoms with Gasteiger partial charge in [-0.15, -0.1) is 0 Å². The van der Waals surface area contributed by atoms with E-state index in [-0.39, 0.29) is 35.3 Å². The van der Waals surface area contributed by atoms with Crippen molar-refractivity contribution >= 4 is 34.2 Å². The standard InChI is InChI=1S/C26H17Cl2N3O5.CH4/c1-33-13-4-6-20-15(8-13)24-23(26(32)35-20)22(16(10-29)25(30)36-24)12-3-5-19(34-2)14(7-12)17-11-31-21(28)9-18(17)27;/h3-9,11,22H,30H2,1-2H3;1H4. The maximum absolute atomic E-state index is 13.2. The van der Waals surface area contributed by atoms with Gasteiger partial charge in [-0.05, 0) is 42.0 Å². The van der Waals surface area contributed by atoms with Gasteiger partial charge in [0.25, 0.3) is 0 Å². The number of allylic oxidation sites excluding steroid dienone is 1. The zero-order chi connectivity index (χ0) is 25.6. The highest BCUT2D eigenvalue weighted by atomic mass is 35.5. The summed E-state index contributed by atoms with van der Waals surface area (Å²) in [4.78, 5) is 17.4. The van der Waals surface area contributed by atoms with Gasteiger partial charge in [-0.1, -0.05) is 36.7 Å².